The molecule has 0 bridgehead atoms. The molecule has 0 spiro atoms. The van der Waals surface area contributed by atoms with Gasteiger partial charge in [-0.2, -0.15) is 0 Å². The smallest absolute Gasteiger partial charge is 0.0934 e. The lowest BCUT2D eigenvalue weighted by atomic mass is 9.86. The van der Waals surface area contributed by atoms with E-state index in [1.165, 1.54) is 0 Å². The van der Waals surface area contributed by atoms with E-state index in [0.29, 0.717) is 11.8 Å². The van der Waals surface area contributed by atoms with E-state index in [9.17, 15) is 0 Å². The Hall–Kier alpha value is 0.210. The summed E-state index contributed by atoms with van der Waals surface area (Å²) in [4.78, 5) is 4.44. The van der Waals surface area contributed by atoms with E-state index in [-0.39, 0.29) is 5.41 Å². The lowest BCUT2D eigenvalue weighted by Crippen LogP contribution is -2.27. The Labute approximate surface area is 99.5 Å². The van der Waals surface area contributed by atoms with Gasteiger partial charge < -0.3 is 0 Å². The van der Waals surface area contributed by atoms with Gasteiger partial charge in [-0.25, -0.2) is 4.98 Å². The number of hydrogen-bond donors (Lipinski definition) is 0. The van der Waals surface area contributed by atoms with Crippen molar-refractivity contribution >= 4 is 34.5 Å². The maximum absolute atomic E-state index is 5.97. The van der Waals surface area contributed by atoms with Crippen molar-refractivity contribution in [2.24, 2.45) is 5.41 Å². The molecule has 1 rings (SSSR count). The molecule has 0 aliphatic heterocycles. The maximum Gasteiger partial charge on any atom is 0.0934 e. The van der Waals surface area contributed by atoms with Crippen molar-refractivity contribution in [3.05, 3.63) is 16.1 Å². The second-order valence-electron chi connectivity index (χ2n) is 3.68. The Bertz CT molecular complexity index is 273. The van der Waals surface area contributed by atoms with Gasteiger partial charge in [-0.15, -0.1) is 34.5 Å². The largest absolute Gasteiger partial charge is 0.247 e. The summed E-state index contributed by atoms with van der Waals surface area (Å²) >= 11 is 13.6. The lowest BCUT2D eigenvalue weighted by Gasteiger charge is -2.26. The van der Waals surface area contributed by atoms with Crippen LogP contribution in [0.25, 0.3) is 0 Å². The predicted molar refractivity (Wildman–Crippen MR) is 64.7 cm³/mol. The number of nitrogens with zero attached hydrogens (tertiary/aromatic N) is 1. The molecule has 0 radical (unpaired) electrons. The maximum atomic E-state index is 5.97. The van der Waals surface area contributed by atoms with E-state index in [2.05, 4.69) is 17.3 Å². The van der Waals surface area contributed by atoms with Crippen LogP contribution in [0.2, 0.25) is 0 Å². The van der Waals surface area contributed by atoms with Crippen LogP contribution in [-0.2, 0) is 6.42 Å². The zero-order valence-corrected chi connectivity index (χ0v) is 10.8. The van der Waals surface area contributed by atoms with Crippen molar-refractivity contribution in [3.63, 3.8) is 0 Å². The van der Waals surface area contributed by atoms with Crippen molar-refractivity contribution in [1.29, 1.82) is 0 Å². The molecule has 1 aromatic heterocycles. The second-order valence-corrected chi connectivity index (χ2v) is 5.16. The average Bonchev–Trinajstić information content (AvgIpc) is 2.61. The van der Waals surface area contributed by atoms with Crippen molar-refractivity contribution in [2.45, 2.75) is 26.7 Å². The van der Waals surface area contributed by atoms with Crippen LogP contribution in [0.1, 0.15) is 24.0 Å². The highest BCUT2D eigenvalue weighted by molar-refractivity contribution is 7.09. The molecule has 0 aliphatic rings. The molecular formula is C10H15Cl2NS. The first-order valence-electron chi connectivity index (χ1n) is 4.69. The van der Waals surface area contributed by atoms with Crippen LogP contribution in [0.4, 0.5) is 0 Å². The number of hydrogen-bond acceptors (Lipinski definition) is 2. The van der Waals surface area contributed by atoms with Crippen LogP contribution < -0.4 is 0 Å². The molecule has 0 atom stereocenters. The first kappa shape index (κ1) is 12.3. The van der Waals surface area contributed by atoms with Gasteiger partial charge in [0, 0.05) is 34.7 Å². The third kappa shape index (κ3) is 2.85. The van der Waals surface area contributed by atoms with Gasteiger partial charge in [0.05, 0.1) is 5.01 Å². The van der Waals surface area contributed by atoms with Crippen LogP contribution in [0.3, 0.4) is 0 Å². The predicted octanol–water partition coefficient (Wildman–Crippen LogP) is 3.87. The molecule has 0 saturated heterocycles. The van der Waals surface area contributed by atoms with E-state index < -0.39 is 0 Å². The number of thiazole rings is 1. The molecular weight excluding hydrogens is 237 g/mol. The van der Waals surface area contributed by atoms with Crippen LogP contribution in [0.15, 0.2) is 5.38 Å². The zero-order valence-electron chi connectivity index (χ0n) is 8.52. The van der Waals surface area contributed by atoms with E-state index in [0.717, 1.165) is 23.5 Å². The van der Waals surface area contributed by atoms with Crippen molar-refractivity contribution in [1.82, 2.24) is 4.98 Å². The second kappa shape index (κ2) is 5.34. The number of aromatic nitrogens is 1. The molecule has 14 heavy (non-hydrogen) atoms. The Kier molecular flexibility index (Phi) is 4.68. The minimum Gasteiger partial charge on any atom is -0.247 e. The molecule has 1 heterocycles. The first-order valence-corrected chi connectivity index (χ1v) is 6.63. The quantitative estimate of drug-likeness (QED) is 0.725. The minimum atomic E-state index is 0.0212. The Morgan fingerprint density at radius 3 is 2.43 bits per heavy atom. The molecule has 0 N–H and O–H groups in total. The van der Waals surface area contributed by atoms with Crippen molar-refractivity contribution in [3.8, 4) is 0 Å². The Morgan fingerprint density at radius 2 is 2.07 bits per heavy atom. The summed E-state index contributed by atoms with van der Waals surface area (Å²) < 4.78 is 0. The molecule has 4 heteroatoms. The van der Waals surface area contributed by atoms with E-state index in [1.54, 1.807) is 11.3 Å². The van der Waals surface area contributed by atoms with Gasteiger partial charge in [0.15, 0.2) is 0 Å². The van der Waals surface area contributed by atoms with Gasteiger partial charge in [-0.1, -0.05) is 6.92 Å². The van der Waals surface area contributed by atoms with Gasteiger partial charge in [0.1, 0.15) is 0 Å². The summed E-state index contributed by atoms with van der Waals surface area (Å²) in [5.74, 6) is 1.21. The summed E-state index contributed by atoms with van der Waals surface area (Å²) in [6, 6.07) is 0. The molecule has 0 aliphatic carbocycles. The van der Waals surface area contributed by atoms with E-state index >= 15 is 0 Å². The number of halogens is 2. The summed E-state index contributed by atoms with van der Waals surface area (Å²) in [6.07, 6.45) is 1.90. The molecule has 1 nitrogen and oxygen atoms in total. The van der Waals surface area contributed by atoms with E-state index in [1.807, 2.05) is 6.92 Å². The summed E-state index contributed by atoms with van der Waals surface area (Å²) in [5, 5.41) is 3.21. The van der Waals surface area contributed by atoms with Crippen LogP contribution in [-0.4, -0.2) is 16.7 Å². The normalized spacial score (nSPS) is 12.0. The Balaban J connectivity index is 2.73. The van der Waals surface area contributed by atoms with Gasteiger partial charge >= 0.3 is 0 Å². The monoisotopic (exact) mass is 251 g/mol. The SMILES string of the molecule is CCC(CCl)(CCl)Cc1nc(C)cs1. The van der Waals surface area contributed by atoms with Gasteiger partial charge in [0.2, 0.25) is 0 Å². The third-order valence-electron chi connectivity index (χ3n) is 2.51. The molecule has 1 aromatic rings. The zero-order chi connectivity index (χ0) is 10.6. The fraction of sp³-hybridized carbons (Fsp3) is 0.700. The molecule has 0 saturated carbocycles. The fourth-order valence-electron chi connectivity index (χ4n) is 1.25. The topological polar surface area (TPSA) is 12.9 Å². The molecule has 0 unspecified atom stereocenters. The molecule has 80 valence electrons. The third-order valence-corrected chi connectivity index (χ3v) is 4.61. The number of aryl methyl sites for hydroxylation is 1. The Morgan fingerprint density at radius 1 is 1.43 bits per heavy atom. The standard InChI is InChI=1S/C10H15Cl2NS/c1-3-10(6-11,7-12)4-9-13-8(2)5-14-9/h5H,3-4,6-7H2,1-2H3. The summed E-state index contributed by atoms with van der Waals surface area (Å²) in [7, 11) is 0. The average molecular weight is 252 g/mol. The molecule has 0 amide bonds. The lowest BCUT2D eigenvalue weighted by molar-refractivity contribution is 0.361. The fourth-order valence-corrected chi connectivity index (χ4v) is 3.05. The molecule has 0 fully saturated rings. The van der Waals surface area contributed by atoms with Gasteiger partial charge in [-0.05, 0) is 13.3 Å². The van der Waals surface area contributed by atoms with Gasteiger partial charge in [-0.3, -0.25) is 0 Å². The van der Waals surface area contributed by atoms with E-state index in [4.69, 9.17) is 23.2 Å². The van der Waals surface area contributed by atoms with Crippen LogP contribution >= 0.6 is 34.5 Å². The molecule has 0 aromatic carbocycles. The van der Waals surface area contributed by atoms with Crippen LogP contribution in [0.5, 0.6) is 0 Å². The van der Waals surface area contributed by atoms with Gasteiger partial charge in [0.25, 0.3) is 0 Å². The highest BCUT2D eigenvalue weighted by atomic mass is 35.5. The van der Waals surface area contributed by atoms with Crippen molar-refractivity contribution < 1.29 is 0 Å². The van der Waals surface area contributed by atoms with Crippen LogP contribution in [0, 0.1) is 12.3 Å². The summed E-state index contributed by atoms with van der Waals surface area (Å²) in [6.45, 7) is 4.14. The van der Waals surface area contributed by atoms with Crippen molar-refractivity contribution in [2.75, 3.05) is 11.8 Å². The number of rotatable bonds is 5. The number of alkyl halides is 2. The highest BCUT2D eigenvalue weighted by Crippen LogP contribution is 2.31. The minimum absolute atomic E-state index is 0.0212. The summed E-state index contributed by atoms with van der Waals surface area (Å²) in [5.41, 5.74) is 1.10. The first-order chi connectivity index (χ1) is 6.65. The highest BCUT2D eigenvalue weighted by Gasteiger charge is 2.27.